The van der Waals surface area contributed by atoms with Crippen LogP contribution in [0.4, 0.5) is 0 Å². The van der Waals surface area contributed by atoms with E-state index < -0.39 is 0 Å². The van der Waals surface area contributed by atoms with Crippen LogP contribution in [0.1, 0.15) is 46.6 Å². The minimum absolute atomic E-state index is 0.0498. The first-order valence-corrected chi connectivity index (χ1v) is 9.64. The van der Waals surface area contributed by atoms with Gasteiger partial charge in [-0.15, -0.1) is 0 Å². The SMILES string of the molecule is Cc1ccc(C(=O)c2cccn2C/C=C/c2cccc(OC(C)C)c2)cc1C. The largest absolute Gasteiger partial charge is 0.491 e. The van der Waals surface area contributed by atoms with Gasteiger partial charge in [-0.3, -0.25) is 4.79 Å². The number of nitrogens with zero attached hydrogens (tertiary/aromatic N) is 1. The Kier molecular flexibility index (Phi) is 6.15. The van der Waals surface area contributed by atoms with Crippen molar-refractivity contribution < 1.29 is 9.53 Å². The summed E-state index contributed by atoms with van der Waals surface area (Å²) in [5, 5.41) is 0. The second-order valence-electron chi connectivity index (χ2n) is 7.32. The fourth-order valence-corrected chi connectivity index (χ4v) is 3.08. The molecule has 144 valence electrons. The highest BCUT2D eigenvalue weighted by atomic mass is 16.5. The average Bonchev–Trinajstić information content (AvgIpc) is 3.11. The molecule has 0 unspecified atom stereocenters. The zero-order valence-corrected chi connectivity index (χ0v) is 17.0. The third kappa shape index (κ3) is 4.80. The van der Waals surface area contributed by atoms with E-state index >= 15 is 0 Å². The summed E-state index contributed by atoms with van der Waals surface area (Å²) in [5.41, 5.74) is 4.83. The number of ether oxygens (including phenoxy) is 1. The lowest BCUT2D eigenvalue weighted by Crippen LogP contribution is -2.09. The lowest BCUT2D eigenvalue weighted by Gasteiger charge is -2.10. The summed E-state index contributed by atoms with van der Waals surface area (Å²) >= 11 is 0. The maximum atomic E-state index is 12.9. The molecule has 0 amide bonds. The Morgan fingerprint density at radius 3 is 2.61 bits per heavy atom. The van der Waals surface area contributed by atoms with Crippen LogP contribution in [-0.2, 0) is 6.54 Å². The molecule has 1 heterocycles. The number of aromatic nitrogens is 1. The Hall–Kier alpha value is -3.07. The molecule has 0 aliphatic heterocycles. The lowest BCUT2D eigenvalue weighted by atomic mass is 10.0. The molecule has 2 aromatic carbocycles. The summed E-state index contributed by atoms with van der Waals surface area (Å²) in [6, 6.07) is 17.7. The molecular weight excluding hydrogens is 346 g/mol. The van der Waals surface area contributed by atoms with Crippen molar-refractivity contribution >= 4 is 11.9 Å². The minimum atomic E-state index is 0.0498. The predicted octanol–water partition coefficient (Wildman–Crippen LogP) is 5.84. The monoisotopic (exact) mass is 373 g/mol. The van der Waals surface area contributed by atoms with Crippen LogP contribution in [-0.4, -0.2) is 16.5 Å². The first-order valence-electron chi connectivity index (χ1n) is 9.64. The van der Waals surface area contributed by atoms with Gasteiger partial charge in [-0.2, -0.15) is 0 Å². The highest BCUT2D eigenvalue weighted by Gasteiger charge is 2.13. The molecule has 0 bridgehead atoms. The smallest absolute Gasteiger partial charge is 0.209 e. The zero-order valence-electron chi connectivity index (χ0n) is 17.0. The molecule has 0 spiro atoms. The van der Waals surface area contributed by atoms with Crippen LogP contribution in [0.15, 0.2) is 66.9 Å². The van der Waals surface area contributed by atoms with Crippen LogP contribution in [0, 0.1) is 13.8 Å². The fourth-order valence-electron chi connectivity index (χ4n) is 3.08. The van der Waals surface area contributed by atoms with Crippen molar-refractivity contribution in [2.24, 2.45) is 0 Å². The maximum absolute atomic E-state index is 12.9. The van der Waals surface area contributed by atoms with Crippen LogP contribution in [0.3, 0.4) is 0 Å². The van der Waals surface area contributed by atoms with Gasteiger partial charge in [0.2, 0.25) is 5.78 Å². The van der Waals surface area contributed by atoms with Gasteiger partial charge in [0.25, 0.3) is 0 Å². The van der Waals surface area contributed by atoms with Crippen molar-refractivity contribution in [2.75, 3.05) is 0 Å². The van der Waals surface area contributed by atoms with Crippen LogP contribution < -0.4 is 4.74 Å². The number of carbonyl (C=O) groups is 1. The molecule has 0 N–H and O–H groups in total. The van der Waals surface area contributed by atoms with E-state index in [4.69, 9.17) is 4.74 Å². The third-order valence-electron chi connectivity index (χ3n) is 4.67. The Bertz CT molecular complexity index is 995. The summed E-state index contributed by atoms with van der Waals surface area (Å²) in [6.07, 6.45) is 6.21. The Labute approximate surface area is 167 Å². The van der Waals surface area contributed by atoms with E-state index in [-0.39, 0.29) is 11.9 Å². The van der Waals surface area contributed by atoms with Gasteiger partial charge in [0.05, 0.1) is 11.8 Å². The summed E-state index contributed by atoms with van der Waals surface area (Å²) in [4.78, 5) is 12.9. The molecule has 0 fully saturated rings. The summed E-state index contributed by atoms with van der Waals surface area (Å²) in [5.74, 6) is 0.914. The van der Waals surface area contributed by atoms with Gasteiger partial charge in [0, 0.05) is 18.3 Å². The lowest BCUT2D eigenvalue weighted by molar-refractivity contribution is 0.103. The third-order valence-corrected chi connectivity index (χ3v) is 4.67. The van der Waals surface area contributed by atoms with Crippen molar-refractivity contribution in [1.82, 2.24) is 4.57 Å². The molecule has 0 saturated carbocycles. The highest BCUT2D eigenvalue weighted by molar-refractivity contribution is 6.08. The van der Waals surface area contributed by atoms with Crippen molar-refractivity contribution in [1.29, 1.82) is 0 Å². The number of benzene rings is 2. The number of rotatable bonds is 7. The molecule has 3 heteroatoms. The molecule has 3 nitrogen and oxygen atoms in total. The zero-order chi connectivity index (χ0) is 20.1. The summed E-state index contributed by atoms with van der Waals surface area (Å²) in [7, 11) is 0. The molecule has 3 rings (SSSR count). The van der Waals surface area contributed by atoms with Gasteiger partial charge in [-0.05, 0) is 74.7 Å². The molecule has 3 aromatic rings. The van der Waals surface area contributed by atoms with Gasteiger partial charge in [0.1, 0.15) is 5.75 Å². The van der Waals surface area contributed by atoms with Gasteiger partial charge < -0.3 is 9.30 Å². The van der Waals surface area contributed by atoms with Crippen LogP contribution in [0.25, 0.3) is 6.08 Å². The molecule has 0 atom stereocenters. The number of aryl methyl sites for hydroxylation is 2. The fraction of sp³-hybridized carbons (Fsp3) is 0.240. The number of allylic oxidation sites excluding steroid dienone is 1. The van der Waals surface area contributed by atoms with Crippen molar-refractivity contribution in [3.8, 4) is 5.75 Å². The maximum Gasteiger partial charge on any atom is 0.209 e. The van der Waals surface area contributed by atoms with Crippen molar-refractivity contribution in [3.63, 3.8) is 0 Å². The molecule has 0 aliphatic rings. The Morgan fingerprint density at radius 2 is 1.86 bits per heavy atom. The van der Waals surface area contributed by atoms with Gasteiger partial charge >= 0.3 is 0 Å². The van der Waals surface area contributed by atoms with Crippen LogP contribution in [0.5, 0.6) is 5.75 Å². The minimum Gasteiger partial charge on any atom is -0.491 e. The first-order chi connectivity index (χ1) is 13.4. The van der Waals surface area contributed by atoms with E-state index in [0.29, 0.717) is 12.2 Å². The highest BCUT2D eigenvalue weighted by Crippen LogP contribution is 2.17. The van der Waals surface area contributed by atoms with E-state index in [0.717, 1.165) is 22.4 Å². The van der Waals surface area contributed by atoms with E-state index in [1.165, 1.54) is 5.56 Å². The second kappa shape index (κ2) is 8.75. The van der Waals surface area contributed by atoms with Gasteiger partial charge in [0.15, 0.2) is 0 Å². The van der Waals surface area contributed by atoms with Crippen LogP contribution >= 0.6 is 0 Å². The van der Waals surface area contributed by atoms with Crippen molar-refractivity contribution in [3.05, 3.63) is 94.8 Å². The van der Waals surface area contributed by atoms with Gasteiger partial charge in [-0.1, -0.05) is 36.4 Å². The normalized spacial score (nSPS) is 11.3. The Morgan fingerprint density at radius 1 is 1.04 bits per heavy atom. The van der Waals surface area contributed by atoms with E-state index in [1.54, 1.807) is 0 Å². The quantitative estimate of drug-likeness (QED) is 0.487. The van der Waals surface area contributed by atoms with E-state index in [1.807, 2.05) is 86.1 Å². The molecule has 0 aliphatic carbocycles. The number of hydrogen-bond acceptors (Lipinski definition) is 2. The number of ketones is 1. The Balaban J connectivity index is 1.73. The molecular formula is C25H27NO2. The van der Waals surface area contributed by atoms with Gasteiger partial charge in [-0.25, -0.2) is 0 Å². The number of hydrogen-bond donors (Lipinski definition) is 0. The van der Waals surface area contributed by atoms with E-state index in [2.05, 4.69) is 19.1 Å². The average molecular weight is 373 g/mol. The van der Waals surface area contributed by atoms with E-state index in [9.17, 15) is 4.79 Å². The summed E-state index contributed by atoms with van der Waals surface area (Å²) in [6.45, 7) is 8.75. The standard InChI is InChI=1S/C25H27NO2/c1-18(2)28-23-10-5-8-21(17-23)9-6-14-26-15-7-11-24(26)25(27)22-13-12-19(3)20(4)16-22/h5-13,15-18H,14H2,1-4H3/b9-6+. The topological polar surface area (TPSA) is 31.2 Å². The number of carbonyl (C=O) groups excluding carboxylic acids is 1. The molecule has 0 saturated heterocycles. The molecule has 0 radical (unpaired) electrons. The van der Waals surface area contributed by atoms with Crippen LogP contribution in [0.2, 0.25) is 0 Å². The van der Waals surface area contributed by atoms with Crippen molar-refractivity contribution in [2.45, 2.75) is 40.3 Å². The summed E-state index contributed by atoms with van der Waals surface area (Å²) < 4.78 is 7.72. The first kappa shape index (κ1) is 19.7. The second-order valence-corrected chi connectivity index (χ2v) is 7.32. The molecule has 28 heavy (non-hydrogen) atoms. The molecule has 1 aromatic heterocycles. The predicted molar refractivity (Wildman–Crippen MR) is 115 cm³/mol.